The van der Waals surface area contributed by atoms with E-state index in [4.69, 9.17) is 5.11 Å². The predicted octanol–water partition coefficient (Wildman–Crippen LogP) is 0.240. The molecule has 0 radical (unpaired) electrons. The molecule has 0 spiro atoms. The van der Waals surface area contributed by atoms with E-state index in [-0.39, 0.29) is 18.7 Å². The molecule has 110 valence electrons. The molecule has 2 aliphatic heterocycles. The summed E-state index contributed by atoms with van der Waals surface area (Å²) < 4.78 is 0. The Balaban J connectivity index is 1.69. The minimum atomic E-state index is -0.122. The van der Waals surface area contributed by atoms with Crippen molar-refractivity contribution < 1.29 is 9.90 Å². The average Bonchev–Trinajstić information content (AvgIpc) is 2.87. The number of rotatable bonds is 2. The number of carbonyl (C=O) groups is 1. The Bertz CT molecular complexity index is 591. The first-order valence-electron chi connectivity index (χ1n) is 7.22. The summed E-state index contributed by atoms with van der Waals surface area (Å²) >= 11 is 0. The van der Waals surface area contributed by atoms with Gasteiger partial charge in [0.1, 0.15) is 6.61 Å². The number of fused-ring (bicyclic) bond motifs is 1. The normalized spacial score (nSPS) is 21.5. The van der Waals surface area contributed by atoms with Crippen LogP contribution in [0.4, 0.5) is 4.79 Å². The molecule has 3 rings (SSSR count). The number of nitrogens with one attached hydrogen (secondary N) is 1. The van der Waals surface area contributed by atoms with Crippen LogP contribution < -0.4 is 5.32 Å². The van der Waals surface area contributed by atoms with E-state index in [1.54, 1.807) is 0 Å². The summed E-state index contributed by atoms with van der Waals surface area (Å²) in [6, 6.07) is 8.37. The van der Waals surface area contributed by atoms with E-state index < -0.39 is 0 Å². The molecular formula is C16H19N3O2. The maximum absolute atomic E-state index is 11.6. The third kappa shape index (κ3) is 3.02. The van der Waals surface area contributed by atoms with Crippen molar-refractivity contribution in [1.82, 2.24) is 15.1 Å². The number of hydrogen-bond donors (Lipinski definition) is 2. The molecule has 2 N–H and O–H groups in total. The van der Waals surface area contributed by atoms with E-state index in [0.29, 0.717) is 0 Å². The molecule has 2 fully saturated rings. The van der Waals surface area contributed by atoms with Crippen LogP contribution in [0, 0.1) is 11.8 Å². The summed E-state index contributed by atoms with van der Waals surface area (Å²) in [5.41, 5.74) is 2.14. The molecule has 1 atom stereocenters. The van der Waals surface area contributed by atoms with Crippen molar-refractivity contribution >= 4 is 6.03 Å². The Hall–Kier alpha value is -2.03. The highest BCUT2D eigenvalue weighted by Gasteiger charge is 2.35. The number of amides is 2. The molecular weight excluding hydrogens is 266 g/mol. The van der Waals surface area contributed by atoms with Gasteiger partial charge in [0.25, 0.3) is 0 Å². The number of piperazine rings is 1. The number of nitrogens with zero attached hydrogens (tertiary/aromatic N) is 2. The molecule has 1 aromatic rings. The maximum Gasteiger partial charge on any atom is 0.317 e. The summed E-state index contributed by atoms with van der Waals surface area (Å²) in [5, 5.41) is 11.7. The third-order valence-electron chi connectivity index (χ3n) is 4.03. The van der Waals surface area contributed by atoms with Gasteiger partial charge in [-0.1, -0.05) is 30.0 Å². The van der Waals surface area contributed by atoms with Crippen LogP contribution in [-0.4, -0.2) is 59.8 Å². The van der Waals surface area contributed by atoms with E-state index in [9.17, 15) is 4.79 Å². The van der Waals surface area contributed by atoms with Crippen LogP contribution in [0.5, 0.6) is 0 Å². The predicted molar refractivity (Wildman–Crippen MR) is 79.6 cm³/mol. The van der Waals surface area contributed by atoms with Gasteiger partial charge in [-0.15, -0.1) is 0 Å². The van der Waals surface area contributed by atoms with Gasteiger partial charge in [-0.2, -0.15) is 0 Å². The highest BCUT2D eigenvalue weighted by molar-refractivity contribution is 5.77. The van der Waals surface area contributed by atoms with Gasteiger partial charge in [0.05, 0.1) is 6.04 Å². The van der Waals surface area contributed by atoms with E-state index in [2.05, 4.69) is 28.1 Å². The molecule has 0 saturated carbocycles. The van der Waals surface area contributed by atoms with Crippen molar-refractivity contribution in [2.75, 3.05) is 32.8 Å². The van der Waals surface area contributed by atoms with Crippen LogP contribution in [0.2, 0.25) is 0 Å². The maximum atomic E-state index is 11.6. The van der Waals surface area contributed by atoms with Crippen molar-refractivity contribution in [3.8, 4) is 11.8 Å². The number of aliphatic hydroxyl groups is 1. The quantitative estimate of drug-likeness (QED) is 0.765. The van der Waals surface area contributed by atoms with Crippen LogP contribution in [0.1, 0.15) is 11.1 Å². The van der Waals surface area contributed by atoms with Crippen molar-refractivity contribution in [2.24, 2.45) is 0 Å². The Morgan fingerprint density at radius 3 is 3.05 bits per heavy atom. The molecule has 0 bridgehead atoms. The second-order valence-electron chi connectivity index (χ2n) is 5.39. The van der Waals surface area contributed by atoms with Gasteiger partial charge in [-0.3, -0.25) is 4.90 Å². The van der Waals surface area contributed by atoms with Gasteiger partial charge < -0.3 is 15.3 Å². The summed E-state index contributed by atoms with van der Waals surface area (Å²) in [5.74, 6) is 5.71. The molecule has 2 heterocycles. The fourth-order valence-electron chi connectivity index (χ4n) is 2.97. The SMILES string of the molecule is O=C1NCC2CN(Cc3ccccc3C#CCO)CCN12. The molecule has 2 amide bonds. The number of benzene rings is 1. The van der Waals surface area contributed by atoms with Gasteiger partial charge >= 0.3 is 6.03 Å². The monoisotopic (exact) mass is 285 g/mol. The van der Waals surface area contributed by atoms with Gasteiger partial charge in [-0.05, 0) is 11.6 Å². The topological polar surface area (TPSA) is 55.8 Å². The minimum Gasteiger partial charge on any atom is -0.384 e. The smallest absolute Gasteiger partial charge is 0.317 e. The number of carbonyl (C=O) groups excluding carboxylic acids is 1. The summed E-state index contributed by atoms with van der Waals surface area (Å²) in [4.78, 5) is 15.9. The van der Waals surface area contributed by atoms with E-state index >= 15 is 0 Å². The number of aliphatic hydroxyl groups excluding tert-OH is 1. The van der Waals surface area contributed by atoms with Crippen molar-refractivity contribution in [3.05, 3.63) is 35.4 Å². The van der Waals surface area contributed by atoms with Gasteiger partial charge in [-0.25, -0.2) is 4.79 Å². The molecule has 21 heavy (non-hydrogen) atoms. The molecule has 2 aliphatic rings. The molecule has 2 saturated heterocycles. The Kier molecular flexibility index (Phi) is 4.09. The average molecular weight is 285 g/mol. The summed E-state index contributed by atoms with van der Waals surface area (Å²) in [6.45, 7) is 3.99. The zero-order valence-electron chi connectivity index (χ0n) is 11.9. The molecule has 1 aromatic carbocycles. The lowest BCUT2D eigenvalue weighted by atomic mass is 10.1. The van der Waals surface area contributed by atoms with Crippen molar-refractivity contribution in [2.45, 2.75) is 12.6 Å². The van der Waals surface area contributed by atoms with Crippen molar-refractivity contribution in [3.63, 3.8) is 0 Å². The summed E-state index contributed by atoms with van der Waals surface area (Å²) in [7, 11) is 0. The Morgan fingerprint density at radius 2 is 2.19 bits per heavy atom. The molecule has 5 heteroatoms. The molecule has 5 nitrogen and oxygen atoms in total. The van der Waals surface area contributed by atoms with Crippen LogP contribution in [0.3, 0.4) is 0 Å². The van der Waals surface area contributed by atoms with E-state index in [0.717, 1.165) is 38.3 Å². The van der Waals surface area contributed by atoms with E-state index in [1.807, 2.05) is 23.1 Å². The van der Waals surface area contributed by atoms with Crippen molar-refractivity contribution in [1.29, 1.82) is 0 Å². The first-order chi connectivity index (χ1) is 10.3. The zero-order chi connectivity index (χ0) is 14.7. The molecule has 0 aliphatic carbocycles. The molecule has 0 aromatic heterocycles. The lowest BCUT2D eigenvalue weighted by molar-refractivity contribution is 0.116. The van der Waals surface area contributed by atoms with E-state index in [1.165, 1.54) is 5.56 Å². The van der Waals surface area contributed by atoms with Crippen LogP contribution in [0.25, 0.3) is 0 Å². The van der Waals surface area contributed by atoms with Gasteiger partial charge in [0.2, 0.25) is 0 Å². The largest absolute Gasteiger partial charge is 0.384 e. The minimum absolute atomic E-state index is 0.0638. The van der Waals surface area contributed by atoms with Crippen LogP contribution >= 0.6 is 0 Å². The Morgan fingerprint density at radius 1 is 1.33 bits per heavy atom. The first kappa shape index (κ1) is 13.9. The Labute approximate surface area is 124 Å². The zero-order valence-corrected chi connectivity index (χ0v) is 11.9. The van der Waals surface area contributed by atoms with Crippen LogP contribution in [0.15, 0.2) is 24.3 Å². The van der Waals surface area contributed by atoms with Crippen LogP contribution in [-0.2, 0) is 6.54 Å². The summed E-state index contributed by atoms with van der Waals surface area (Å²) in [6.07, 6.45) is 0. The fourth-order valence-corrected chi connectivity index (χ4v) is 2.97. The highest BCUT2D eigenvalue weighted by Crippen LogP contribution is 2.17. The standard InChI is InChI=1S/C16H19N3O2/c20-9-3-6-13-4-1-2-5-14(13)11-18-7-8-19-15(12-18)10-17-16(19)21/h1-2,4-5,15,20H,7-12H2,(H,17,21). The number of urea groups is 1. The van der Waals surface area contributed by atoms with Gasteiger partial charge in [0.15, 0.2) is 0 Å². The highest BCUT2D eigenvalue weighted by atomic mass is 16.2. The van der Waals surface area contributed by atoms with Gasteiger partial charge in [0, 0.05) is 38.3 Å². The number of hydrogen-bond acceptors (Lipinski definition) is 3. The second kappa shape index (κ2) is 6.17. The lowest BCUT2D eigenvalue weighted by Gasteiger charge is -2.36. The molecule has 1 unspecified atom stereocenters. The first-order valence-corrected chi connectivity index (χ1v) is 7.22. The second-order valence-corrected chi connectivity index (χ2v) is 5.39. The third-order valence-corrected chi connectivity index (χ3v) is 4.03. The lowest BCUT2D eigenvalue weighted by Crippen LogP contribution is -2.51. The fraction of sp³-hybridized carbons (Fsp3) is 0.438.